The molecular weight excluding hydrogens is 204 g/mol. The monoisotopic (exact) mass is 213 g/mol. The van der Waals surface area contributed by atoms with E-state index in [9.17, 15) is 13.6 Å². The predicted octanol–water partition coefficient (Wildman–Crippen LogP) is 2.27. The summed E-state index contributed by atoms with van der Waals surface area (Å²) in [5, 5.41) is 8.65. The summed E-state index contributed by atoms with van der Waals surface area (Å²) in [5.41, 5.74) is 0.304. The second-order valence-electron chi connectivity index (χ2n) is 3.38. The Morgan fingerprint density at radius 3 is 2.73 bits per heavy atom. The van der Waals surface area contributed by atoms with Crippen LogP contribution in [0.4, 0.5) is 13.6 Å². The van der Waals surface area contributed by atoms with E-state index >= 15 is 0 Å². The van der Waals surface area contributed by atoms with Gasteiger partial charge in [0.05, 0.1) is 0 Å². The molecule has 1 N–H and O–H groups in total. The van der Waals surface area contributed by atoms with Crippen molar-refractivity contribution in [1.29, 1.82) is 0 Å². The minimum absolute atomic E-state index is 0.167. The van der Waals surface area contributed by atoms with Crippen LogP contribution in [-0.2, 0) is 12.5 Å². The first kappa shape index (κ1) is 9.89. The maximum absolute atomic E-state index is 13.7. The number of carboxylic acid groups (broad SMARTS) is 1. The quantitative estimate of drug-likeness (QED) is 0.671. The van der Waals surface area contributed by atoms with E-state index in [0.29, 0.717) is 12.0 Å². The van der Waals surface area contributed by atoms with E-state index in [0.717, 1.165) is 0 Å². The van der Waals surface area contributed by atoms with Crippen molar-refractivity contribution in [2.24, 2.45) is 0 Å². The van der Waals surface area contributed by atoms with Crippen LogP contribution in [0.1, 0.15) is 11.1 Å². The molecule has 1 aromatic carbocycles. The van der Waals surface area contributed by atoms with Crippen LogP contribution >= 0.6 is 0 Å². The van der Waals surface area contributed by atoms with Crippen LogP contribution in [0.2, 0.25) is 0 Å². The molecule has 5 heteroatoms. The average molecular weight is 213 g/mol. The Kier molecular flexibility index (Phi) is 2.10. The van der Waals surface area contributed by atoms with Crippen LogP contribution in [0.25, 0.3) is 0 Å². The number of alkyl halides is 2. The first-order valence-corrected chi connectivity index (χ1v) is 4.50. The highest BCUT2D eigenvalue weighted by Crippen LogP contribution is 2.38. The normalized spacial score (nSPS) is 18.4. The van der Waals surface area contributed by atoms with Crippen LogP contribution in [-0.4, -0.2) is 22.6 Å². The Hall–Kier alpha value is -1.65. The number of nitrogens with zero attached hydrogens (tertiary/aromatic N) is 1. The van der Waals surface area contributed by atoms with Crippen molar-refractivity contribution in [2.45, 2.75) is 12.5 Å². The molecule has 15 heavy (non-hydrogen) atoms. The molecule has 0 spiro atoms. The number of halogens is 2. The fraction of sp³-hybridized carbons (Fsp3) is 0.300. The molecule has 3 nitrogen and oxygen atoms in total. The van der Waals surface area contributed by atoms with Crippen molar-refractivity contribution in [3.63, 3.8) is 0 Å². The lowest BCUT2D eigenvalue weighted by Crippen LogP contribution is -2.47. The number of benzene rings is 1. The standard InChI is InChI=1S/C10H9F2NO2/c11-10(12)8-4-2-1-3-7(8)5-6-13(10)9(14)15/h1-4H,5-6H2,(H,14,15). The first-order valence-electron chi connectivity index (χ1n) is 4.50. The third-order valence-electron chi connectivity index (χ3n) is 2.52. The van der Waals surface area contributed by atoms with Crippen molar-refractivity contribution >= 4 is 6.09 Å². The Morgan fingerprint density at radius 2 is 2.07 bits per heavy atom. The topological polar surface area (TPSA) is 40.5 Å². The number of rotatable bonds is 0. The van der Waals surface area contributed by atoms with Gasteiger partial charge in [-0.15, -0.1) is 0 Å². The summed E-state index contributed by atoms with van der Waals surface area (Å²) in [6, 6.07) is 2.61. The Morgan fingerprint density at radius 1 is 1.40 bits per heavy atom. The average Bonchev–Trinajstić information content (AvgIpc) is 2.17. The molecule has 0 fully saturated rings. The van der Waals surface area contributed by atoms with Crippen molar-refractivity contribution in [3.05, 3.63) is 35.4 Å². The van der Waals surface area contributed by atoms with Gasteiger partial charge in [0, 0.05) is 12.1 Å². The minimum atomic E-state index is -3.42. The summed E-state index contributed by atoms with van der Waals surface area (Å²) in [4.78, 5) is 10.8. The molecule has 0 aliphatic carbocycles. The Balaban J connectivity index is 2.49. The molecule has 1 aliphatic heterocycles. The third kappa shape index (κ3) is 1.44. The fourth-order valence-corrected chi connectivity index (χ4v) is 1.77. The third-order valence-corrected chi connectivity index (χ3v) is 2.52. The Labute approximate surface area is 84.9 Å². The van der Waals surface area contributed by atoms with E-state index in [1.165, 1.54) is 12.1 Å². The summed E-state index contributed by atoms with van der Waals surface area (Å²) in [6.07, 6.45) is -1.26. The van der Waals surface area contributed by atoms with Crippen LogP contribution in [0.3, 0.4) is 0 Å². The van der Waals surface area contributed by atoms with Crippen molar-refractivity contribution in [2.75, 3.05) is 6.54 Å². The van der Waals surface area contributed by atoms with Gasteiger partial charge in [-0.1, -0.05) is 24.3 Å². The molecule has 1 heterocycles. The molecule has 0 radical (unpaired) electrons. The molecule has 0 bridgehead atoms. The van der Waals surface area contributed by atoms with E-state index in [1.54, 1.807) is 12.1 Å². The highest BCUT2D eigenvalue weighted by molar-refractivity contribution is 5.66. The molecule has 2 rings (SSSR count). The molecule has 1 aromatic rings. The molecular formula is C10H9F2NO2. The molecule has 0 saturated carbocycles. The van der Waals surface area contributed by atoms with Crippen molar-refractivity contribution < 1.29 is 18.7 Å². The van der Waals surface area contributed by atoms with Crippen LogP contribution in [0.5, 0.6) is 0 Å². The molecule has 0 saturated heterocycles. The molecule has 1 amide bonds. The maximum Gasteiger partial charge on any atom is 0.412 e. The molecule has 80 valence electrons. The first-order chi connectivity index (χ1) is 7.03. The van der Waals surface area contributed by atoms with E-state index in [2.05, 4.69) is 0 Å². The van der Waals surface area contributed by atoms with E-state index in [4.69, 9.17) is 5.11 Å². The lowest BCUT2D eigenvalue weighted by Gasteiger charge is -2.34. The van der Waals surface area contributed by atoms with Gasteiger partial charge in [-0.3, -0.25) is 0 Å². The van der Waals surface area contributed by atoms with Crippen LogP contribution < -0.4 is 0 Å². The summed E-state index contributed by atoms with van der Waals surface area (Å²) in [6.45, 7) is -0.167. The smallest absolute Gasteiger partial charge is 0.412 e. The van der Waals surface area contributed by atoms with Crippen molar-refractivity contribution in [3.8, 4) is 0 Å². The van der Waals surface area contributed by atoms with E-state index < -0.39 is 12.1 Å². The number of carbonyl (C=O) groups is 1. The molecule has 0 aromatic heterocycles. The second kappa shape index (κ2) is 3.18. The summed E-state index contributed by atoms with van der Waals surface area (Å²) in [5.74, 6) is 0. The zero-order valence-electron chi connectivity index (χ0n) is 7.78. The zero-order chi connectivity index (χ0) is 11.1. The van der Waals surface area contributed by atoms with Gasteiger partial charge >= 0.3 is 12.1 Å². The van der Waals surface area contributed by atoms with Gasteiger partial charge in [0.2, 0.25) is 0 Å². The summed E-state index contributed by atoms with van der Waals surface area (Å²) >= 11 is 0. The SMILES string of the molecule is O=C(O)N1CCc2ccccc2C1(F)F. The van der Waals surface area contributed by atoms with Gasteiger partial charge in [-0.05, 0) is 12.0 Å². The number of hydrogen-bond acceptors (Lipinski definition) is 1. The van der Waals surface area contributed by atoms with Gasteiger partial charge in [0.15, 0.2) is 0 Å². The molecule has 0 atom stereocenters. The fourth-order valence-electron chi connectivity index (χ4n) is 1.77. The van der Waals surface area contributed by atoms with Gasteiger partial charge in [-0.2, -0.15) is 8.78 Å². The minimum Gasteiger partial charge on any atom is -0.465 e. The largest absolute Gasteiger partial charge is 0.465 e. The molecule has 0 unspecified atom stereocenters. The van der Waals surface area contributed by atoms with Gasteiger partial charge in [0.1, 0.15) is 0 Å². The van der Waals surface area contributed by atoms with Crippen LogP contribution in [0, 0.1) is 0 Å². The maximum atomic E-state index is 13.7. The second-order valence-corrected chi connectivity index (χ2v) is 3.38. The Bertz CT molecular complexity index is 406. The highest BCUT2D eigenvalue weighted by Gasteiger charge is 2.46. The lowest BCUT2D eigenvalue weighted by atomic mass is 9.98. The van der Waals surface area contributed by atoms with E-state index in [-0.39, 0.29) is 17.0 Å². The number of hydrogen-bond donors (Lipinski definition) is 1. The number of fused-ring (bicyclic) bond motifs is 1. The highest BCUT2D eigenvalue weighted by atomic mass is 19.3. The van der Waals surface area contributed by atoms with Gasteiger partial charge in [-0.25, -0.2) is 9.69 Å². The van der Waals surface area contributed by atoms with E-state index in [1.807, 2.05) is 0 Å². The van der Waals surface area contributed by atoms with Crippen LogP contribution in [0.15, 0.2) is 24.3 Å². The predicted molar refractivity (Wildman–Crippen MR) is 48.8 cm³/mol. The number of amides is 1. The van der Waals surface area contributed by atoms with Gasteiger partial charge < -0.3 is 5.11 Å². The summed E-state index contributed by atoms with van der Waals surface area (Å²) < 4.78 is 27.3. The van der Waals surface area contributed by atoms with Gasteiger partial charge in [0.25, 0.3) is 0 Å². The molecule has 1 aliphatic rings. The lowest BCUT2D eigenvalue weighted by molar-refractivity contribution is -0.142. The van der Waals surface area contributed by atoms with Crippen molar-refractivity contribution in [1.82, 2.24) is 4.90 Å². The zero-order valence-corrected chi connectivity index (χ0v) is 7.78. The summed E-state index contributed by atoms with van der Waals surface area (Å²) in [7, 11) is 0.